The lowest BCUT2D eigenvalue weighted by atomic mass is 9.86. The Kier molecular flexibility index (Phi) is 5.51. The molecule has 0 aliphatic heterocycles. The molecule has 0 fully saturated rings. The van der Waals surface area contributed by atoms with E-state index in [0.29, 0.717) is 22.5 Å². The zero-order valence-corrected chi connectivity index (χ0v) is 15.2. The quantitative estimate of drug-likeness (QED) is 0.846. The maximum atomic E-state index is 12.9. The van der Waals surface area contributed by atoms with Crippen LogP contribution in [0, 0.1) is 0 Å². The van der Waals surface area contributed by atoms with E-state index in [-0.39, 0.29) is 5.41 Å². The lowest BCUT2D eigenvalue weighted by molar-refractivity contribution is -0.138. The van der Waals surface area contributed by atoms with Crippen molar-refractivity contribution in [3.63, 3.8) is 0 Å². The topological polar surface area (TPSA) is 51.1 Å². The number of benzene rings is 1. The van der Waals surface area contributed by atoms with Crippen molar-refractivity contribution in [3.8, 4) is 0 Å². The predicted octanol–water partition coefficient (Wildman–Crippen LogP) is 4.46. The van der Waals surface area contributed by atoms with Crippen LogP contribution in [0.4, 0.5) is 18.9 Å². The van der Waals surface area contributed by atoms with Crippen molar-refractivity contribution < 1.29 is 18.0 Å². The predicted molar refractivity (Wildman–Crippen MR) is 94.5 cm³/mol. The number of hydrogen-bond donors (Lipinski definition) is 1. The molecular formula is C18H18ClF3N2O2. The maximum Gasteiger partial charge on any atom is 0.417 e. The molecule has 4 nitrogen and oxygen atoms in total. The summed E-state index contributed by atoms with van der Waals surface area (Å²) in [4.78, 5) is 24.2. The summed E-state index contributed by atoms with van der Waals surface area (Å²) in [6.45, 7) is 5.32. The zero-order chi connectivity index (χ0) is 19.7. The number of aromatic nitrogens is 1. The van der Waals surface area contributed by atoms with E-state index in [9.17, 15) is 22.8 Å². The monoisotopic (exact) mass is 386 g/mol. The summed E-state index contributed by atoms with van der Waals surface area (Å²) in [5, 5.41) is 2.05. The molecule has 0 aliphatic rings. The molecule has 0 spiro atoms. The smallest absolute Gasteiger partial charge is 0.324 e. The molecule has 26 heavy (non-hydrogen) atoms. The number of alkyl halides is 3. The van der Waals surface area contributed by atoms with Crippen LogP contribution in [0.3, 0.4) is 0 Å². The Morgan fingerprint density at radius 3 is 2.38 bits per heavy atom. The first-order chi connectivity index (χ1) is 11.9. The van der Waals surface area contributed by atoms with E-state index in [2.05, 4.69) is 5.32 Å². The summed E-state index contributed by atoms with van der Waals surface area (Å²) in [5.41, 5.74) is -0.803. The third-order valence-corrected chi connectivity index (χ3v) is 3.96. The zero-order valence-electron chi connectivity index (χ0n) is 14.4. The van der Waals surface area contributed by atoms with Gasteiger partial charge < -0.3 is 9.88 Å². The van der Waals surface area contributed by atoms with E-state index in [1.54, 1.807) is 12.1 Å². The van der Waals surface area contributed by atoms with Crippen molar-refractivity contribution in [3.05, 3.63) is 63.0 Å². The first kappa shape index (κ1) is 20.0. The SMILES string of the molecule is CC(C)(C)c1ccccc1NC(=O)Cn1cc(C(F)(F)F)cc(Cl)c1=O. The molecule has 2 aromatic rings. The fraction of sp³-hybridized carbons (Fsp3) is 0.333. The van der Waals surface area contributed by atoms with Gasteiger partial charge in [-0.2, -0.15) is 13.2 Å². The van der Waals surface area contributed by atoms with Crippen LogP contribution >= 0.6 is 11.6 Å². The van der Waals surface area contributed by atoms with Crippen LogP contribution < -0.4 is 10.9 Å². The van der Waals surface area contributed by atoms with Gasteiger partial charge in [-0.05, 0) is 23.1 Å². The van der Waals surface area contributed by atoms with Crippen molar-refractivity contribution in [2.24, 2.45) is 0 Å². The summed E-state index contributed by atoms with van der Waals surface area (Å²) < 4.78 is 39.3. The Labute approximate surface area is 153 Å². The van der Waals surface area contributed by atoms with Gasteiger partial charge in [0.1, 0.15) is 11.6 Å². The molecule has 140 valence electrons. The van der Waals surface area contributed by atoms with Gasteiger partial charge in [-0.15, -0.1) is 0 Å². The average molecular weight is 387 g/mol. The molecule has 0 atom stereocenters. The maximum absolute atomic E-state index is 12.9. The van der Waals surface area contributed by atoms with Gasteiger partial charge in [0.25, 0.3) is 5.56 Å². The van der Waals surface area contributed by atoms with E-state index in [1.807, 2.05) is 32.9 Å². The second kappa shape index (κ2) is 7.15. The Hall–Kier alpha value is -2.28. The van der Waals surface area contributed by atoms with E-state index < -0.39 is 34.8 Å². The van der Waals surface area contributed by atoms with Gasteiger partial charge in [-0.3, -0.25) is 9.59 Å². The van der Waals surface area contributed by atoms with Gasteiger partial charge in [0.2, 0.25) is 5.91 Å². The fourth-order valence-electron chi connectivity index (χ4n) is 2.46. The number of nitrogens with zero attached hydrogens (tertiary/aromatic N) is 1. The molecule has 2 rings (SSSR count). The lowest BCUT2D eigenvalue weighted by Gasteiger charge is -2.23. The normalized spacial score (nSPS) is 12.1. The Morgan fingerprint density at radius 2 is 1.81 bits per heavy atom. The highest BCUT2D eigenvalue weighted by Gasteiger charge is 2.32. The Bertz CT molecular complexity index is 883. The van der Waals surface area contributed by atoms with Crippen molar-refractivity contribution in [2.45, 2.75) is 38.9 Å². The largest absolute Gasteiger partial charge is 0.417 e. The lowest BCUT2D eigenvalue weighted by Crippen LogP contribution is -2.29. The molecule has 1 aromatic heterocycles. The van der Waals surface area contributed by atoms with Crippen molar-refractivity contribution >= 4 is 23.2 Å². The number of halogens is 4. The van der Waals surface area contributed by atoms with Gasteiger partial charge in [0.15, 0.2) is 0 Å². The summed E-state index contributed by atoms with van der Waals surface area (Å²) in [7, 11) is 0. The number of carbonyl (C=O) groups excluding carboxylic acids is 1. The third-order valence-electron chi connectivity index (χ3n) is 3.69. The second-order valence-corrected chi connectivity index (χ2v) is 7.26. The molecule has 0 aliphatic carbocycles. The minimum atomic E-state index is -4.67. The number of nitrogens with one attached hydrogen (secondary N) is 1. The standard InChI is InChI=1S/C18H18ClF3N2O2/c1-17(2,3)12-6-4-5-7-14(12)23-15(25)10-24-9-11(18(20,21)22)8-13(19)16(24)26/h4-9H,10H2,1-3H3,(H,23,25). The molecule has 1 heterocycles. The number of para-hydroxylation sites is 1. The molecule has 1 amide bonds. The molecule has 1 N–H and O–H groups in total. The number of hydrogen-bond acceptors (Lipinski definition) is 2. The minimum Gasteiger partial charge on any atom is -0.324 e. The van der Waals surface area contributed by atoms with Gasteiger partial charge in [-0.25, -0.2) is 0 Å². The van der Waals surface area contributed by atoms with E-state index in [1.165, 1.54) is 0 Å². The number of rotatable bonds is 3. The number of pyridine rings is 1. The highest BCUT2D eigenvalue weighted by atomic mass is 35.5. The van der Waals surface area contributed by atoms with Crippen LogP contribution in [-0.4, -0.2) is 10.5 Å². The van der Waals surface area contributed by atoms with E-state index >= 15 is 0 Å². The summed E-state index contributed by atoms with van der Waals surface area (Å²) >= 11 is 5.59. The molecule has 0 unspecified atom stereocenters. The van der Waals surface area contributed by atoms with Crippen molar-refractivity contribution in [1.29, 1.82) is 0 Å². The molecule has 0 bridgehead atoms. The van der Waals surface area contributed by atoms with Gasteiger partial charge in [0, 0.05) is 11.9 Å². The number of carbonyl (C=O) groups is 1. The van der Waals surface area contributed by atoms with Crippen LogP contribution in [0.25, 0.3) is 0 Å². The Morgan fingerprint density at radius 1 is 1.19 bits per heavy atom. The van der Waals surface area contributed by atoms with Crippen LogP contribution in [0.5, 0.6) is 0 Å². The van der Waals surface area contributed by atoms with E-state index in [4.69, 9.17) is 11.6 Å². The van der Waals surface area contributed by atoms with Crippen LogP contribution in [0.15, 0.2) is 41.3 Å². The van der Waals surface area contributed by atoms with Crippen LogP contribution in [0.2, 0.25) is 5.02 Å². The molecule has 0 radical (unpaired) electrons. The summed E-state index contributed by atoms with van der Waals surface area (Å²) in [6.07, 6.45) is -4.09. The summed E-state index contributed by atoms with van der Waals surface area (Å²) in [5.74, 6) is -0.626. The molecular weight excluding hydrogens is 369 g/mol. The summed E-state index contributed by atoms with van der Waals surface area (Å²) in [6, 6.07) is 7.65. The highest BCUT2D eigenvalue weighted by Crippen LogP contribution is 2.30. The molecule has 8 heteroatoms. The fourth-order valence-corrected chi connectivity index (χ4v) is 2.69. The van der Waals surface area contributed by atoms with Gasteiger partial charge in [0.05, 0.1) is 5.56 Å². The number of anilines is 1. The molecule has 0 saturated carbocycles. The highest BCUT2D eigenvalue weighted by molar-refractivity contribution is 6.30. The van der Waals surface area contributed by atoms with E-state index in [0.717, 1.165) is 5.56 Å². The van der Waals surface area contributed by atoms with Crippen LogP contribution in [-0.2, 0) is 22.9 Å². The molecule has 0 saturated heterocycles. The first-order valence-corrected chi connectivity index (χ1v) is 8.14. The van der Waals surface area contributed by atoms with Gasteiger partial charge in [-0.1, -0.05) is 50.6 Å². The van der Waals surface area contributed by atoms with Crippen LogP contribution in [0.1, 0.15) is 31.9 Å². The first-order valence-electron chi connectivity index (χ1n) is 7.76. The van der Waals surface area contributed by atoms with Crippen molar-refractivity contribution in [1.82, 2.24) is 4.57 Å². The van der Waals surface area contributed by atoms with Gasteiger partial charge >= 0.3 is 6.18 Å². The Balaban J connectivity index is 2.30. The third kappa shape index (κ3) is 4.66. The second-order valence-electron chi connectivity index (χ2n) is 6.85. The molecule has 1 aromatic carbocycles. The van der Waals surface area contributed by atoms with Crippen molar-refractivity contribution in [2.75, 3.05) is 5.32 Å². The minimum absolute atomic E-state index is 0.250. The number of amides is 1. The average Bonchev–Trinajstić information content (AvgIpc) is 2.50.